The number of allylic oxidation sites excluding steroid dienone is 2. The van der Waals surface area contributed by atoms with Gasteiger partial charge in [-0.15, -0.1) is 0 Å². The van der Waals surface area contributed by atoms with Crippen molar-refractivity contribution in [3.8, 4) is 0 Å². The molecule has 9 nitrogen and oxygen atoms in total. The van der Waals surface area contributed by atoms with E-state index < -0.39 is 23.1 Å². The van der Waals surface area contributed by atoms with Crippen molar-refractivity contribution in [2.45, 2.75) is 78.2 Å². The maximum atomic E-state index is 14.8. The smallest absolute Gasteiger partial charge is 0.410 e. The number of fused-ring (bicyclic) bond motifs is 1. The molecular weight excluding hydrogens is 618 g/mol. The van der Waals surface area contributed by atoms with Gasteiger partial charge in [0.15, 0.2) is 0 Å². The number of likely N-dealkylation sites (tertiary alicyclic amines) is 1. The van der Waals surface area contributed by atoms with Gasteiger partial charge in [-0.3, -0.25) is 9.59 Å². The number of hydrogen-bond donors (Lipinski definition) is 1. The third-order valence-corrected chi connectivity index (χ3v) is 10.6. The number of amides is 3. The van der Waals surface area contributed by atoms with E-state index in [0.717, 1.165) is 17.5 Å². The minimum absolute atomic E-state index is 0.0350. The standard InChI is InChI=1S/C40H51N3O6/c1-37(2,3)49-36(48)41(7)23-19-33(44)42-25-21-40(22-26-42,30-11-9-8-10-12-30)35(47)43-24-18-32-38(4,5)31(17-20-39(32,6)27-43)28-13-15-29(16-14-28)34(45)46/h8-18H,19-27H2,1-7H3,(H,45,46)/t39-/m1/s1. The van der Waals surface area contributed by atoms with Gasteiger partial charge in [0.2, 0.25) is 11.8 Å². The molecule has 1 atom stereocenters. The summed E-state index contributed by atoms with van der Waals surface area (Å²) < 4.78 is 5.42. The Morgan fingerprint density at radius 1 is 0.898 bits per heavy atom. The number of carbonyl (C=O) groups is 4. The lowest BCUT2D eigenvalue weighted by Gasteiger charge is -2.52. The summed E-state index contributed by atoms with van der Waals surface area (Å²) >= 11 is 0. The fraction of sp³-hybridized carbons (Fsp3) is 0.500. The molecule has 0 spiro atoms. The summed E-state index contributed by atoms with van der Waals surface area (Å²) in [6.07, 6.45) is 6.04. The van der Waals surface area contributed by atoms with Crippen molar-refractivity contribution in [3.05, 3.63) is 89.0 Å². The summed E-state index contributed by atoms with van der Waals surface area (Å²) in [6.45, 7) is 14.4. The zero-order valence-corrected chi connectivity index (χ0v) is 30.0. The Balaban J connectivity index is 1.31. The van der Waals surface area contributed by atoms with Gasteiger partial charge in [0.25, 0.3) is 0 Å². The number of piperidine rings is 1. The highest BCUT2D eigenvalue weighted by Crippen LogP contribution is 2.55. The topological polar surface area (TPSA) is 107 Å². The van der Waals surface area contributed by atoms with Crippen LogP contribution in [0.25, 0.3) is 5.57 Å². The van der Waals surface area contributed by atoms with Crippen LogP contribution in [0.15, 0.2) is 72.3 Å². The van der Waals surface area contributed by atoms with Crippen LogP contribution in [0.2, 0.25) is 0 Å². The van der Waals surface area contributed by atoms with Crippen molar-refractivity contribution >= 4 is 29.5 Å². The van der Waals surface area contributed by atoms with Crippen LogP contribution in [0.3, 0.4) is 0 Å². The van der Waals surface area contributed by atoms with E-state index in [9.17, 15) is 24.3 Å². The minimum atomic E-state index is -0.940. The van der Waals surface area contributed by atoms with Crippen molar-refractivity contribution in [2.75, 3.05) is 39.8 Å². The van der Waals surface area contributed by atoms with Gasteiger partial charge in [-0.05, 0) is 68.9 Å². The van der Waals surface area contributed by atoms with Gasteiger partial charge in [-0.2, -0.15) is 0 Å². The van der Waals surface area contributed by atoms with Gasteiger partial charge in [-0.25, -0.2) is 9.59 Å². The van der Waals surface area contributed by atoms with Crippen molar-refractivity contribution < 1.29 is 29.0 Å². The zero-order chi connectivity index (χ0) is 35.8. The molecule has 5 rings (SSSR count). The average molecular weight is 670 g/mol. The van der Waals surface area contributed by atoms with E-state index in [4.69, 9.17) is 4.74 Å². The van der Waals surface area contributed by atoms with Crippen molar-refractivity contribution in [1.82, 2.24) is 14.7 Å². The lowest BCUT2D eigenvalue weighted by molar-refractivity contribution is -0.144. The molecule has 9 heteroatoms. The Morgan fingerprint density at radius 2 is 1.53 bits per heavy atom. The molecule has 0 saturated carbocycles. The molecule has 1 saturated heterocycles. The zero-order valence-electron chi connectivity index (χ0n) is 30.0. The second kappa shape index (κ2) is 13.5. The molecule has 1 aliphatic carbocycles. The lowest BCUT2D eigenvalue weighted by atomic mass is 9.58. The van der Waals surface area contributed by atoms with Crippen LogP contribution in [-0.2, 0) is 19.7 Å². The maximum absolute atomic E-state index is 14.8. The molecule has 3 aliphatic rings. The molecule has 49 heavy (non-hydrogen) atoms. The molecule has 0 aromatic heterocycles. The second-order valence-corrected chi connectivity index (χ2v) is 15.7. The van der Waals surface area contributed by atoms with Crippen molar-refractivity contribution in [2.24, 2.45) is 10.8 Å². The van der Waals surface area contributed by atoms with Gasteiger partial charge in [0.05, 0.1) is 11.0 Å². The first-order valence-corrected chi connectivity index (χ1v) is 17.3. The van der Waals surface area contributed by atoms with Crippen LogP contribution >= 0.6 is 0 Å². The summed E-state index contributed by atoms with van der Waals surface area (Å²) in [5.41, 5.74) is 2.82. The average Bonchev–Trinajstić information content (AvgIpc) is 3.06. The Hall–Kier alpha value is -4.40. The van der Waals surface area contributed by atoms with E-state index in [-0.39, 0.29) is 41.2 Å². The fourth-order valence-electron chi connectivity index (χ4n) is 8.03. The molecule has 2 aromatic rings. The number of aromatic carboxylic acids is 1. The number of carbonyl (C=O) groups excluding carboxylic acids is 3. The summed E-state index contributed by atoms with van der Waals surface area (Å²) in [5, 5.41) is 9.36. The van der Waals surface area contributed by atoms with Gasteiger partial charge < -0.3 is 24.5 Å². The quantitative estimate of drug-likeness (QED) is 0.326. The monoisotopic (exact) mass is 669 g/mol. The molecule has 2 aliphatic heterocycles. The van der Waals surface area contributed by atoms with Crippen LogP contribution in [0.5, 0.6) is 0 Å². The van der Waals surface area contributed by atoms with Crippen LogP contribution in [0, 0.1) is 10.8 Å². The highest BCUT2D eigenvalue weighted by molar-refractivity contribution is 5.90. The van der Waals surface area contributed by atoms with Crippen molar-refractivity contribution in [1.29, 1.82) is 0 Å². The number of nitrogens with zero attached hydrogens (tertiary/aromatic N) is 3. The van der Waals surface area contributed by atoms with Crippen LogP contribution in [-0.4, -0.2) is 89.1 Å². The number of carboxylic acids is 1. The number of carboxylic acid groups (broad SMARTS) is 1. The Morgan fingerprint density at radius 3 is 2.12 bits per heavy atom. The van der Waals surface area contributed by atoms with Crippen LogP contribution in [0.4, 0.5) is 4.79 Å². The first-order chi connectivity index (χ1) is 23.0. The van der Waals surface area contributed by atoms with Gasteiger partial charge in [0.1, 0.15) is 5.60 Å². The third-order valence-electron chi connectivity index (χ3n) is 10.6. The molecule has 0 unspecified atom stereocenters. The first-order valence-electron chi connectivity index (χ1n) is 17.3. The van der Waals surface area contributed by atoms with E-state index >= 15 is 0 Å². The van der Waals surface area contributed by atoms with Gasteiger partial charge in [0, 0.05) is 57.0 Å². The van der Waals surface area contributed by atoms with E-state index in [1.807, 2.05) is 73.0 Å². The number of benzene rings is 2. The lowest BCUT2D eigenvalue weighted by Crippen LogP contribution is -2.57. The van der Waals surface area contributed by atoms with E-state index in [2.05, 4.69) is 32.9 Å². The Kier molecular flexibility index (Phi) is 9.88. The molecule has 1 N–H and O–H groups in total. The molecule has 0 radical (unpaired) electrons. The minimum Gasteiger partial charge on any atom is -0.478 e. The third kappa shape index (κ3) is 7.31. The predicted octanol–water partition coefficient (Wildman–Crippen LogP) is 6.79. The summed E-state index contributed by atoms with van der Waals surface area (Å²) in [7, 11) is 1.64. The van der Waals surface area contributed by atoms with E-state index in [1.54, 1.807) is 19.2 Å². The molecule has 262 valence electrons. The van der Waals surface area contributed by atoms with Crippen molar-refractivity contribution in [3.63, 3.8) is 0 Å². The molecule has 2 aromatic carbocycles. The first kappa shape index (κ1) is 35.9. The van der Waals surface area contributed by atoms with E-state index in [1.165, 1.54) is 16.0 Å². The number of rotatable bonds is 7. The maximum Gasteiger partial charge on any atom is 0.410 e. The number of hydrogen-bond acceptors (Lipinski definition) is 5. The normalized spacial score (nSPS) is 21.5. The van der Waals surface area contributed by atoms with Crippen LogP contribution < -0.4 is 0 Å². The highest BCUT2D eigenvalue weighted by atomic mass is 16.6. The summed E-state index contributed by atoms with van der Waals surface area (Å²) in [6, 6.07) is 17.1. The summed E-state index contributed by atoms with van der Waals surface area (Å²) in [4.78, 5) is 57.1. The fourth-order valence-corrected chi connectivity index (χ4v) is 8.03. The number of ether oxygens (including phenoxy) is 1. The predicted molar refractivity (Wildman–Crippen MR) is 190 cm³/mol. The Labute approximate surface area is 290 Å². The molecule has 3 amide bonds. The molecular formula is C40H51N3O6. The Bertz CT molecular complexity index is 1640. The van der Waals surface area contributed by atoms with Gasteiger partial charge in [-0.1, -0.05) is 81.0 Å². The van der Waals surface area contributed by atoms with E-state index in [0.29, 0.717) is 39.0 Å². The molecule has 2 heterocycles. The van der Waals surface area contributed by atoms with Crippen LogP contribution in [0.1, 0.15) is 88.7 Å². The molecule has 0 bridgehead atoms. The summed E-state index contributed by atoms with van der Waals surface area (Å²) in [5.74, 6) is -0.875. The highest BCUT2D eigenvalue weighted by Gasteiger charge is 2.50. The SMILES string of the molecule is CN(CCC(=O)N1CCC(C(=O)N2CC=C3C(C)(C)C(c4ccc(C(=O)O)cc4)=CC[C@]3(C)C2)(c2ccccc2)CC1)C(=O)OC(C)(C)C. The largest absolute Gasteiger partial charge is 0.478 e. The second-order valence-electron chi connectivity index (χ2n) is 15.7. The van der Waals surface area contributed by atoms with Gasteiger partial charge >= 0.3 is 12.1 Å². The molecule has 1 fully saturated rings.